The lowest BCUT2D eigenvalue weighted by Crippen LogP contribution is -2.57. The van der Waals surface area contributed by atoms with Gasteiger partial charge >= 0.3 is 6.03 Å². The lowest BCUT2D eigenvalue weighted by atomic mass is 9.74. The molecular weight excluding hydrogens is 416 g/mol. The summed E-state index contributed by atoms with van der Waals surface area (Å²) in [4.78, 5) is 44.5. The van der Waals surface area contributed by atoms with Gasteiger partial charge < -0.3 is 15.1 Å². The molecule has 0 spiro atoms. The maximum atomic E-state index is 13.7. The number of nitrogens with one attached hydrogen (secondary N) is 1. The summed E-state index contributed by atoms with van der Waals surface area (Å²) >= 11 is 0. The van der Waals surface area contributed by atoms with Gasteiger partial charge in [0.15, 0.2) is 0 Å². The van der Waals surface area contributed by atoms with E-state index in [0.717, 1.165) is 31.2 Å². The third kappa shape index (κ3) is 6.14. The van der Waals surface area contributed by atoms with Gasteiger partial charge in [-0.1, -0.05) is 44.2 Å². The molecule has 2 aliphatic heterocycles. The highest BCUT2D eigenvalue weighted by Gasteiger charge is 2.55. The molecule has 0 bridgehead atoms. The minimum Gasteiger partial charge on any atom is -0.343 e. The Kier molecular flexibility index (Phi) is 8.51. The number of amides is 4. The van der Waals surface area contributed by atoms with E-state index in [2.05, 4.69) is 31.3 Å². The van der Waals surface area contributed by atoms with Crippen LogP contribution in [0.4, 0.5) is 4.79 Å². The predicted molar refractivity (Wildman–Crippen MR) is 130 cm³/mol. The average Bonchev–Trinajstić information content (AvgIpc) is 3.05. The zero-order chi connectivity index (χ0) is 24.0. The van der Waals surface area contributed by atoms with E-state index in [-0.39, 0.29) is 23.8 Å². The Labute approximate surface area is 198 Å². The molecule has 0 radical (unpaired) electrons. The van der Waals surface area contributed by atoms with Crippen molar-refractivity contribution in [3.05, 3.63) is 35.9 Å². The molecule has 1 unspecified atom stereocenters. The summed E-state index contributed by atoms with van der Waals surface area (Å²) in [7, 11) is 3.88. The second kappa shape index (κ2) is 11.1. The number of hydrogen-bond donors (Lipinski definition) is 1. The zero-order valence-electron chi connectivity index (χ0n) is 20.7. The molecule has 4 amide bonds. The van der Waals surface area contributed by atoms with Crippen molar-refractivity contribution in [3.8, 4) is 0 Å². The van der Waals surface area contributed by atoms with Gasteiger partial charge in [-0.3, -0.25) is 14.5 Å². The fraction of sp³-hybridized carbons (Fsp3) is 0.654. The standard InChI is InChI=1S/C26H40N4O3/c1-20(2)10-11-23(31)29-16-13-22(14-17-29)26(15-12-21-8-6-5-7-9-21)24(32)30(25(33)27-26)19-18-28(3)4/h5-9,20,22H,10-19H2,1-4H3,(H,27,33). The van der Waals surface area contributed by atoms with Crippen LogP contribution in [0, 0.1) is 11.8 Å². The highest BCUT2D eigenvalue weighted by molar-refractivity contribution is 6.07. The number of nitrogens with zero attached hydrogens (tertiary/aromatic N) is 3. The first-order valence-corrected chi connectivity index (χ1v) is 12.3. The molecule has 3 rings (SSSR count). The van der Waals surface area contributed by atoms with Gasteiger partial charge in [0.05, 0.1) is 0 Å². The van der Waals surface area contributed by atoms with Crippen molar-refractivity contribution in [2.24, 2.45) is 11.8 Å². The first-order valence-electron chi connectivity index (χ1n) is 12.3. The van der Waals surface area contributed by atoms with Gasteiger partial charge in [-0.15, -0.1) is 0 Å². The first kappa shape index (κ1) is 25.2. The molecule has 33 heavy (non-hydrogen) atoms. The molecule has 0 saturated carbocycles. The minimum absolute atomic E-state index is 0.0242. The molecule has 7 nitrogen and oxygen atoms in total. The number of carbonyl (C=O) groups is 3. The van der Waals surface area contributed by atoms with Crippen LogP contribution in [-0.4, -0.2) is 78.4 Å². The molecule has 1 aromatic carbocycles. The Bertz CT molecular complexity index is 818. The minimum atomic E-state index is -0.897. The fourth-order valence-corrected chi connectivity index (χ4v) is 4.98. The Morgan fingerprint density at radius 2 is 1.82 bits per heavy atom. The van der Waals surface area contributed by atoms with E-state index in [4.69, 9.17) is 0 Å². The maximum absolute atomic E-state index is 13.7. The van der Waals surface area contributed by atoms with Gasteiger partial charge in [0.2, 0.25) is 5.91 Å². The van der Waals surface area contributed by atoms with Crippen molar-refractivity contribution in [1.29, 1.82) is 0 Å². The highest BCUT2D eigenvalue weighted by atomic mass is 16.2. The van der Waals surface area contributed by atoms with Crippen molar-refractivity contribution in [2.75, 3.05) is 40.3 Å². The van der Waals surface area contributed by atoms with E-state index in [0.29, 0.717) is 44.9 Å². The second-order valence-corrected chi connectivity index (χ2v) is 10.2. The van der Waals surface area contributed by atoms with Crippen LogP contribution >= 0.6 is 0 Å². The number of likely N-dealkylation sites (tertiary alicyclic amines) is 1. The van der Waals surface area contributed by atoms with Crippen molar-refractivity contribution in [3.63, 3.8) is 0 Å². The number of piperidine rings is 1. The smallest absolute Gasteiger partial charge is 0.325 e. The molecule has 2 aliphatic rings. The molecule has 0 aromatic heterocycles. The molecule has 2 fully saturated rings. The lowest BCUT2D eigenvalue weighted by molar-refractivity contribution is -0.136. The molecule has 2 heterocycles. The Balaban J connectivity index is 1.73. The summed E-state index contributed by atoms with van der Waals surface area (Å²) in [6, 6.07) is 9.83. The number of imide groups is 1. The van der Waals surface area contributed by atoms with Gasteiger partial charge in [-0.2, -0.15) is 0 Å². The van der Waals surface area contributed by atoms with E-state index in [9.17, 15) is 14.4 Å². The van der Waals surface area contributed by atoms with Crippen LogP contribution < -0.4 is 5.32 Å². The summed E-state index contributed by atoms with van der Waals surface area (Å²) in [5.41, 5.74) is 0.263. The maximum Gasteiger partial charge on any atom is 0.325 e. The molecular formula is C26H40N4O3. The molecule has 1 aromatic rings. The Hall–Kier alpha value is -2.41. The number of urea groups is 1. The van der Waals surface area contributed by atoms with Crippen molar-refractivity contribution < 1.29 is 14.4 Å². The largest absolute Gasteiger partial charge is 0.343 e. The molecule has 1 N–H and O–H groups in total. The van der Waals surface area contributed by atoms with Gasteiger partial charge in [-0.25, -0.2) is 4.79 Å². The van der Waals surface area contributed by atoms with E-state index < -0.39 is 5.54 Å². The van der Waals surface area contributed by atoms with E-state index in [1.54, 1.807) is 0 Å². The van der Waals surface area contributed by atoms with Crippen molar-refractivity contribution in [1.82, 2.24) is 20.0 Å². The summed E-state index contributed by atoms with van der Waals surface area (Å²) in [5.74, 6) is 0.633. The normalized spacial score (nSPS) is 21.9. The molecule has 0 aliphatic carbocycles. The number of rotatable bonds is 10. The monoisotopic (exact) mass is 456 g/mol. The number of aryl methyl sites for hydroxylation is 1. The Morgan fingerprint density at radius 3 is 2.42 bits per heavy atom. The first-order chi connectivity index (χ1) is 15.7. The quantitative estimate of drug-likeness (QED) is 0.549. The van der Waals surface area contributed by atoms with Crippen LogP contribution in [-0.2, 0) is 16.0 Å². The third-order valence-electron chi connectivity index (χ3n) is 7.10. The molecule has 1 atom stereocenters. The number of benzene rings is 1. The highest BCUT2D eigenvalue weighted by Crippen LogP contribution is 2.37. The lowest BCUT2D eigenvalue weighted by Gasteiger charge is -2.41. The number of hydrogen-bond acceptors (Lipinski definition) is 4. The summed E-state index contributed by atoms with van der Waals surface area (Å²) in [6.45, 7) is 6.58. The number of likely N-dealkylation sites (N-methyl/N-ethyl adjacent to an activating group) is 1. The van der Waals surface area contributed by atoms with Crippen molar-refractivity contribution in [2.45, 2.75) is 57.9 Å². The summed E-state index contributed by atoms with van der Waals surface area (Å²) in [6.07, 6.45) is 4.24. The van der Waals surface area contributed by atoms with Crippen LogP contribution in [0.3, 0.4) is 0 Å². The van der Waals surface area contributed by atoms with Gasteiger partial charge in [0.1, 0.15) is 5.54 Å². The van der Waals surface area contributed by atoms with Gasteiger partial charge in [0.25, 0.3) is 5.91 Å². The van der Waals surface area contributed by atoms with E-state index in [1.807, 2.05) is 42.1 Å². The van der Waals surface area contributed by atoms with Crippen LogP contribution in [0.25, 0.3) is 0 Å². The van der Waals surface area contributed by atoms with Crippen LogP contribution in [0.2, 0.25) is 0 Å². The van der Waals surface area contributed by atoms with E-state index >= 15 is 0 Å². The van der Waals surface area contributed by atoms with Crippen molar-refractivity contribution >= 4 is 17.8 Å². The van der Waals surface area contributed by atoms with Crippen LogP contribution in [0.5, 0.6) is 0 Å². The molecule has 182 valence electrons. The summed E-state index contributed by atoms with van der Waals surface area (Å²) in [5, 5.41) is 3.13. The topological polar surface area (TPSA) is 73.0 Å². The number of carbonyl (C=O) groups excluding carboxylic acids is 3. The van der Waals surface area contributed by atoms with Crippen LogP contribution in [0.1, 0.15) is 51.5 Å². The average molecular weight is 457 g/mol. The van der Waals surface area contributed by atoms with Gasteiger partial charge in [0, 0.05) is 32.6 Å². The molecule has 2 saturated heterocycles. The third-order valence-corrected chi connectivity index (χ3v) is 7.10. The molecule has 7 heteroatoms. The fourth-order valence-electron chi connectivity index (χ4n) is 4.98. The van der Waals surface area contributed by atoms with E-state index in [1.165, 1.54) is 4.90 Å². The zero-order valence-corrected chi connectivity index (χ0v) is 20.7. The predicted octanol–water partition coefficient (Wildman–Crippen LogP) is 3.15. The van der Waals surface area contributed by atoms with Gasteiger partial charge in [-0.05, 0) is 63.6 Å². The second-order valence-electron chi connectivity index (χ2n) is 10.2. The van der Waals surface area contributed by atoms with Crippen LogP contribution in [0.15, 0.2) is 30.3 Å². The Morgan fingerprint density at radius 1 is 1.15 bits per heavy atom. The summed E-state index contributed by atoms with van der Waals surface area (Å²) < 4.78 is 0. The SMILES string of the molecule is CC(C)CCC(=O)N1CCC(C2(CCc3ccccc3)NC(=O)N(CCN(C)C)C2=O)CC1.